The summed E-state index contributed by atoms with van der Waals surface area (Å²) in [5.41, 5.74) is 1.59. The van der Waals surface area contributed by atoms with E-state index in [2.05, 4.69) is 11.4 Å². The molecule has 2 N–H and O–H groups in total. The van der Waals surface area contributed by atoms with Gasteiger partial charge in [0, 0.05) is 18.4 Å². The van der Waals surface area contributed by atoms with E-state index < -0.39 is 0 Å². The molecule has 0 heterocycles. The van der Waals surface area contributed by atoms with E-state index >= 15 is 0 Å². The predicted octanol–water partition coefficient (Wildman–Crippen LogP) is 1.88. The largest absolute Gasteiger partial charge is 0.321 e. The third-order valence-electron chi connectivity index (χ3n) is 4.24. The average Bonchev–Trinajstić information content (AvgIpc) is 3.41. The molecular formula is C19H19FN3O+. The summed E-state index contributed by atoms with van der Waals surface area (Å²) in [7, 11) is 0. The van der Waals surface area contributed by atoms with Gasteiger partial charge in [0.2, 0.25) is 0 Å². The zero-order valence-corrected chi connectivity index (χ0v) is 13.3. The maximum absolute atomic E-state index is 13.9. The number of halogens is 1. The molecule has 0 spiro atoms. The summed E-state index contributed by atoms with van der Waals surface area (Å²) in [5, 5.41) is 11.9. The fourth-order valence-corrected chi connectivity index (χ4v) is 2.82. The Balaban J connectivity index is 1.67. The molecule has 2 aromatic rings. The van der Waals surface area contributed by atoms with Crippen LogP contribution in [-0.4, -0.2) is 18.5 Å². The standard InChI is InChI=1S/C19H18FN3O/c20-17-7-3-1-6-15(17)12-23(16-9-10-16)13-19(24)22-18-8-4-2-5-14(18)11-21/h1-8,16H,9-10,12-13H2,(H,22,24)/p+1. The van der Waals surface area contributed by atoms with Crippen LogP contribution in [0.4, 0.5) is 10.1 Å². The van der Waals surface area contributed by atoms with Crippen molar-refractivity contribution in [1.82, 2.24) is 0 Å². The number of hydrogen-bond donors (Lipinski definition) is 2. The molecule has 1 fully saturated rings. The zero-order chi connectivity index (χ0) is 16.9. The van der Waals surface area contributed by atoms with Crippen molar-refractivity contribution in [3.63, 3.8) is 0 Å². The first kappa shape index (κ1) is 16.2. The third kappa shape index (κ3) is 3.98. The van der Waals surface area contributed by atoms with Crippen molar-refractivity contribution in [2.45, 2.75) is 25.4 Å². The minimum Gasteiger partial charge on any atom is -0.321 e. The number of rotatable bonds is 6. The number of carbonyl (C=O) groups excluding carboxylic acids is 1. The van der Waals surface area contributed by atoms with Gasteiger partial charge in [-0.05, 0) is 18.2 Å². The van der Waals surface area contributed by atoms with Crippen LogP contribution >= 0.6 is 0 Å². The van der Waals surface area contributed by atoms with E-state index in [4.69, 9.17) is 5.26 Å². The number of anilines is 1. The topological polar surface area (TPSA) is 57.3 Å². The molecule has 1 saturated carbocycles. The number of nitrogens with one attached hydrogen (secondary N) is 2. The molecule has 3 rings (SSSR count). The number of carbonyl (C=O) groups is 1. The van der Waals surface area contributed by atoms with E-state index in [9.17, 15) is 9.18 Å². The highest BCUT2D eigenvalue weighted by Crippen LogP contribution is 2.17. The normalized spacial score (nSPS) is 14.7. The monoisotopic (exact) mass is 324 g/mol. The first-order valence-corrected chi connectivity index (χ1v) is 8.04. The van der Waals surface area contributed by atoms with Gasteiger partial charge in [0.1, 0.15) is 18.4 Å². The number of amides is 1. The number of nitriles is 1. The molecule has 122 valence electrons. The van der Waals surface area contributed by atoms with E-state index in [-0.39, 0.29) is 18.3 Å². The molecule has 0 aliphatic heterocycles. The van der Waals surface area contributed by atoms with Gasteiger partial charge < -0.3 is 10.2 Å². The molecule has 0 saturated heterocycles. The van der Waals surface area contributed by atoms with Crippen LogP contribution in [-0.2, 0) is 11.3 Å². The summed E-state index contributed by atoms with van der Waals surface area (Å²) in [6, 6.07) is 16.1. The molecule has 4 nitrogen and oxygen atoms in total. The fourth-order valence-electron chi connectivity index (χ4n) is 2.82. The first-order chi connectivity index (χ1) is 11.7. The van der Waals surface area contributed by atoms with Gasteiger partial charge in [0.25, 0.3) is 5.91 Å². The quantitative estimate of drug-likeness (QED) is 0.852. The number of hydrogen-bond acceptors (Lipinski definition) is 2. The van der Waals surface area contributed by atoms with Gasteiger partial charge >= 0.3 is 0 Å². The molecular weight excluding hydrogens is 305 g/mol. The highest BCUT2D eigenvalue weighted by Gasteiger charge is 2.35. The predicted molar refractivity (Wildman–Crippen MR) is 88.7 cm³/mol. The summed E-state index contributed by atoms with van der Waals surface area (Å²) in [6.45, 7) is 0.753. The Hall–Kier alpha value is -2.71. The molecule has 1 atom stereocenters. The van der Waals surface area contributed by atoms with E-state index in [1.54, 1.807) is 36.4 Å². The van der Waals surface area contributed by atoms with Crippen LogP contribution in [0.15, 0.2) is 48.5 Å². The highest BCUT2D eigenvalue weighted by atomic mass is 19.1. The third-order valence-corrected chi connectivity index (χ3v) is 4.24. The summed E-state index contributed by atoms with van der Waals surface area (Å²) in [6.07, 6.45) is 2.12. The summed E-state index contributed by atoms with van der Waals surface area (Å²) in [4.78, 5) is 13.4. The maximum atomic E-state index is 13.9. The van der Waals surface area contributed by atoms with E-state index in [1.165, 1.54) is 6.07 Å². The second-order valence-corrected chi connectivity index (χ2v) is 6.08. The lowest BCUT2D eigenvalue weighted by Gasteiger charge is -2.19. The maximum Gasteiger partial charge on any atom is 0.279 e. The number of quaternary nitrogens is 1. The summed E-state index contributed by atoms with van der Waals surface area (Å²) in [5.74, 6) is -0.387. The van der Waals surface area contributed by atoms with Crippen molar-refractivity contribution < 1.29 is 14.1 Å². The lowest BCUT2D eigenvalue weighted by molar-refractivity contribution is -0.917. The van der Waals surface area contributed by atoms with Crippen LogP contribution in [0.25, 0.3) is 0 Å². The number of nitrogens with zero attached hydrogens (tertiary/aromatic N) is 1. The molecule has 5 heteroatoms. The van der Waals surface area contributed by atoms with Crippen molar-refractivity contribution in [3.8, 4) is 6.07 Å². The van der Waals surface area contributed by atoms with E-state index in [0.29, 0.717) is 29.4 Å². The smallest absolute Gasteiger partial charge is 0.279 e. The van der Waals surface area contributed by atoms with Gasteiger partial charge in [0.15, 0.2) is 6.54 Å². The second-order valence-electron chi connectivity index (χ2n) is 6.08. The Kier molecular flexibility index (Phi) is 4.88. The Labute approximate surface area is 140 Å². The van der Waals surface area contributed by atoms with E-state index in [0.717, 1.165) is 17.7 Å². The van der Waals surface area contributed by atoms with Crippen molar-refractivity contribution in [2.75, 3.05) is 11.9 Å². The number of para-hydroxylation sites is 1. The van der Waals surface area contributed by atoms with Crippen LogP contribution in [0, 0.1) is 17.1 Å². The number of benzene rings is 2. The van der Waals surface area contributed by atoms with Crippen molar-refractivity contribution in [1.29, 1.82) is 5.26 Å². The Morgan fingerprint density at radius 3 is 2.62 bits per heavy atom. The minimum absolute atomic E-state index is 0.157. The van der Waals surface area contributed by atoms with Crippen LogP contribution in [0.5, 0.6) is 0 Å². The first-order valence-electron chi connectivity index (χ1n) is 8.04. The fraction of sp³-hybridized carbons (Fsp3) is 0.263. The lowest BCUT2D eigenvalue weighted by atomic mass is 10.2. The zero-order valence-electron chi connectivity index (χ0n) is 13.3. The van der Waals surface area contributed by atoms with Gasteiger partial charge in [-0.2, -0.15) is 5.26 Å². The molecule has 2 aromatic carbocycles. The molecule has 0 radical (unpaired) electrons. The summed E-state index contributed by atoms with van der Waals surface area (Å²) >= 11 is 0. The Morgan fingerprint density at radius 2 is 1.92 bits per heavy atom. The second kappa shape index (κ2) is 7.24. The van der Waals surface area contributed by atoms with Gasteiger partial charge in [0.05, 0.1) is 17.3 Å². The molecule has 1 unspecified atom stereocenters. The molecule has 0 bridgehead atoms. The van der Waals surface area contributed by atoms with Crippen LogP contribution in [0.3, 0.4) is 0 Å². The lowest BCUT2D eigenvalue weighted by Crippen LogP contribution is -3.13. The molecule has 0 aromatic heterocycles. The van der Waals surface area contributed by atoms with Crippen molar-refractivity contribution in [2.24, 2.45) is 0 Å². The molecule has 1 aliphatic carbocycles. The summed E-state index contributed by atoms with van der Waals surface area (Å²) < 4.78 is 13.9. The highest BCUT2D eigenvalue weighted by molar-refractivity contribution is 5.92. The van der Waals surface area contributed by atoms with Crippen LogP contribution < -0.4 is 10.2 Å². The van der Waals surface area contributed by atoms with Crippen molar-refractivity contribution in [3.05, 3.63) is 65.5 Å². The average molecular weight is 324 g/mol. The Bertz CT molecular complexity index is 780. The van der Waals surface area contributed by atoms with Gasteiger partial charge in [-0.1, -0.05) is 30.3 Å². The van der Waals surface area contributed by atoms with Gasteiger partial charge in [-0.3, -0.25) is 4.79 Å². The van der Waals surface area contributed by atoms with Gasteiger partial charge in [-0.15, -0.1) is 0 Å². The molecule has 24 heavy (non-hydrogen) atoms. The van der Waals surface area contributed by atoms with Crippen LogP contribution in [0.2, 0.25) is 0 Å². The molecule has 1 amide bonds. The van der Waals surface area contributed by atoms with Crippen LogP contribution in [0.1, 0.15) is 24.0 Å². The Morgan fingerprint density at radius 1 is 1.21 bits per heavy atom. The SMILES string of the molecule is N#Cc1ccccc1NC(=O)C[NH+](Cc1ccccc1F)C1CC1. The minimum atomic E-state index is -0.231. The van der Waals surface area contributed by atoms with E-state index in [1.807, 2.05) is 6.07 Å². The van der Waals surface area contributed by atoms with Crippen molar-refractivity contribution >= 4 is 11.6 Å². The van der Waals surface area contributed by atoms with Gasteiger partial charge in [-0.25, -0.2) is 4.39 Å². The molecule has 1 aliphatic rings.